The van der Waals surface area contributed by atoms with Gasteiger partial charge < -0.3 is 14.5 Å². The van der Waals surface area contributed by atoms with Gasteiger partial charge in [-0.15, -0.1) is 0 Å². The maximum Gasteiger partial charge on any atom is 0.272 e. The highest BCUT2D eigenvalue weighted by Crippen LogP contribution is 2.26. The van der Waals surface area contributed by atoms with E-state index in [1.54, 1.807) is 10.9 Å². The van der Waals surface area contributed by atoms with Crippen LogP contribution in [0.3, 0.4) is 0 Å². The number of likely N-dealkylation sites (tertiary alicyclic amines) is 1. The van der Waals surface area contributed by atoms with Crippen LogP contribution in [0.5, 0.6) is 5.88 Å². The number of amides is 1. The van der Waals surface area contributed by atoms with Gasteiger partial charge in [0, 0.05) is 25.1 Å². The molecule has 2 aliphatic heterocycles. The summed E-state index contributed by atoms with van der Waals surface area (Å²) in [5, 5.41) is 7.54. The molecule has 0 spiro atoms. The van der Waals surface area contributed by atoms with Crippen LogP contribution in [0, 0.1) is 6.92 Å². The fraction of sp³-hybridized carbons (Fsp3) is 0.600. The second kappa shape index (κ2) is 8.17. The molecule has 7 heteroatoms. The van der Waals surface area contributed by atoms with Gasteiger partial charge in [-0.1, -0.05) is 12.8 Å². The molecule has 2 aromatic heterocycles. The number of hydrogen-bond acceptors (Lipinski definition) is 5. The Kier molecular flexibility index (Phi) is 5.48. The third kappa shape index (κ3) is 3.88. The summed E-state index contributed by atoms with van der Waals surface area (Å²) in [6.07, 6.45) is 7.54. The summed E-state index contributed by atoms with van der Waals surface area (Å²) in [5.74, 6) is 1.48. The van der Waals surface area contributed by atoms with Crippen molar-refractivity contribution >= 4 is 5.91 Å². The minimum atomic E-state index is -0.149. The first-order valence-corrected chi connectivity index (χ1v) is 10.00. The molecule has 1 atom stereocenters. The van der Waals surface area contributed by atoms with Gasteiger partial charge in [0.05, 0.1) is 18.9 Å². The van der Waals surface area contributed by atoms with E-state index in [4.69, 9.17) is 9.15 Å². The van der Waals surface area contributed by atoms with Gasteiger partial charge in [-0.25, -0.2) is 4.68 Å². The predicted octanol–water partition coefficient (Wildman–Crippen LogP) is 2.91. The summed E-state index contributed by atoms with van der Waals surface area (Å²) < 4.78 is 13.2. The van der Waals surface area contributed by atoms with Gasteiger partial charge in [-0.2, -0.15) is 5.10 Å². The number of hydrogen-bond donors (Lipinski definition) is 1. The molecule has 0 aromatic carbocycles. The Balaban J connectivity index is 1.47. The summed E-state index contributed by atoms with van der Waals surface area (Å²) in [4.78, 5) is 15.2. The summed E-state index contributed by atoms with van der Waals surface area (Å²) in [5.41, 5.74) is 1.28. The molecule has 146 valence electrons. The monoisotopic (exact) mass is 372 g/mol. The number of nitrogens with zero attached hydrogens (tertiary/aromatic N) is 3. The first-order chi connectivity index (χ1) is 13.2. The molecule has 0 bridgehead atoms. The number of carbonyl (C=O) groups excluding carboxylic acids is 1. The maximum atomic E-state index is 12.8. The molecule has 1 unspecified atom stereocenters. The number of ether oxygens (including phenoxy) is 1. The third-order valence-electron chi connectivity index (χ3n) is 5.51. The van der Waals surface area contributed by atoms with Crippen molar-refractivity contribution in [2.45, 2.75) is 51.6 Å². The summed E-state index contributed by atoms with van der Waals surface area (Å²) >= 11 is 0. The van der Waals surface area contributed by atoms with Crippen LogP contribution in [0.15, 0.2) is 22.8 Å². The zero-order chi connectivity index (χ0) is 18.6. The molecule has 2 aliphatic rings. The van der Waals surface area contributed by atoms with Crippen molar-refractivity contribution in [1.29, 1.82) is 0 Å². The van der Waals surface area contributed by atoms with E-state index < -0.39 is 0 Å². The first kappa shape index (κ1) is 18.1. The van der Waals surface area contributed by atoms with E-state index in [1.165, 1.54) is 25.7 Å². The molecule has 0 radical (unpaired) electrons. The molecule has 1 fully saturated rings. The Morgan fingerprint density at radius 2 is 2.04 bits per heavy atom. The minimum Gasteiger partial charge on any atom is -0.478 e. The van der Waals surface area contributed by atoms with E-state index in [2.05, 4.69) is 15.3 Å². The molecule has 0 saturated carbocycles. The van der Waals surface area contributed by atoms with Gasteiger partial charge in [0.2, 0.25) is 5.88 Å². The van der Waals surface area contributed by atoms with Crippen molar-refractivity contribution in [3.8, 4) is 5.88 Å². The van der Waals surface area contributed by atoms with Crippen molar-refractivity contribution in [3.05, 3.63) is 35.4 Å². The molecule has 1 saturated heterocycles. The van der Waals surface area contributed by atoms with E-state index in [-0.39, 0.29) is 11.9 Å². The molecular weight excluding hydrogens is 344 g/mol. The van der Waals surface area contributed by atoms with E-state index >= 15 is 0 Å². The van der Waals surface area contributed by atoms with Gasteiger partial charge in [-0.3, -0.25) is 9.69 Å². The fourth-order valence-electron chi connectivity index (χ4n) is 4.04. The third-order valence-corrected chi connectivity index (χ3v) is 5.51. The Hall–Kier alpha value is -2.28. The van der Waals surface area contributed by atoms with Crippen LogP contribution in [0.2, 0.25) is 0 Å². The quantitative estimate of drug-likeness (QED) is 0.874. The molecule has 0 aliphatic carbocycles. The van der Waals surface area contributed by atoms with Crippen LogP contribution in [-0.4, -0.2) is 46.8 Å². The zero-order valence-corrected chi connectivity index (χ0v) is 15.9. The summed E-state index contributed by atoms with van der Waals surface area (Å²) in [6, 6.07) is 3.96. The van der Waals surface area contributed by atoms with Crippen molar-refractivity contribution in [3.63, 3.8) is 0 Å². The SMILES string of the molecule is Cc1c(C(=O)NCC(c2ccco2)N2CCCCCC2)nn2c1OCCC2. The molecule has 7 nitrogen and oxygen atoms in total. The smallest absolute Gasteiger partial charge is 0.272 e. The lowest BCUT2D eigenvalue weighted by atomic mass is 10.1. The Morgan fingerprint density at radius 3 is 2.74 bits per heavy atom. The standard InChI is InChI=1S/C20H28N4O3/c1-15-18(22-24-11-7-13-27-20(15)24)19(25)21-14-16(17-8-6-12-26-17)23-9-4-2-3-5-10-23/h6,8,12,16H,2-5,7,9-11,13-14H2,1H3,(H,21,25). The normalized spacial score (nSPS) is 19.0. The van der Waals surface area contributed by atoms with Crippen molar-refractivity contribution in [1.82, 2.24) is 20.0 Å². The Morgan fingerprint density at radius 1 is 1.22 bits per heavy atom. The lowest BCUT2D eigenvalue weighted by molar-refractivity contribution is 0.0920. The van der Waals surface area contributed by atoms with Crippen LogP contribution in [-0.2, 0) is 6.54 Å². The van der Waals surface area contributed by atoms with Crippen LogP contribution >= 0.6 is 0 Å². The maximum absolute atomic E-state index is 12.8. The Labute approximate surface area is 159 Å². The van der Waals surface area contributed by atoms with Gasteiger partial charge in [-0.05, 0) is 45.0 Å². The van der Waals surface area contributed by atoms with Crippen LogP contribution in [0.1, 0.15) is 60.0 Å². The van der Waals surface area contributed by atoms with Gasteiger partial charge in [0.1, 0.15) is 5.76 Å². The number of aryl methyl sites for hydroxylation is 1. The lowest BCUT2D eigenvalue weighted by Gasteiger charge is -2.29. The van der Waals surface area contributed by atoms with E-state index in [9.17, 15) is 4.79 Å². The lowest BCUT2D eigenvalue weighted by Crippen LogP contribution is -2.38. The highest BCUT2D eigenvalue weighted by Gasteiger charge is 2.27. The topological polar surface area (TPSA) is 72.5 Å². The summed E-state index contributed by atoms with van der Waals surface area (Å²) in [7, 11) is 0. The summed E-state index contributed by atoms with van der Waals surface area (Å²) in [6.45, 7) is 5.96. The average Bonchev–Trinajstić information content (AvgIpc) is 3.24. The molecule has 27 heavy (non-hydrogen) atoms. The van der Waals surface area contributed by atoms with Crippen molar-refractivity contribution < 1.29 is 13.9 Å². The molecule has 4 heterocycles. The van der Waals surface area contributed by atoms with E-state index in [0.29, 0.717) is 18.8 Å². The minimum absolute atomic E-state index is 0.0517. The number of fused-ring (bicyclic) bond motifs is 1. The first-order valence-electron chi connectivity index (χ1n) is 10.00. The van der Waals surface area contributed by atoms with Gasteiger partial charge >= 0.3 is 0 Å². The highest BCUT2D eigenvalue weighted by molar-refractivity contribution is 5.94. The molecule has 4 rings (SSSR count). The molecule has 1 amide bonds. The van der Waals surface area contributed by atoms with Gasteiger partial charge in [0.15, 0.2) is 5.69 Å². The number of rotatable bonds is 5. The Bertz CT molecular complexity index is 761. The zero-order valence-electron chi connectivity index (χ0n) is 15.9. The van der Waals surface area contributed by atoms with Crippen molar-refractivity contribution in [2.75, 3.05) is 26.2 Å². The van der Waals surface area contributed by atoms with E-state index in [0.717, 1.165) is 43.3 Å². The fourth-order valence-corrected chi connectivity index (χ4v) is 4.04. The average molecular weight is 372 g/mol. The number of nitrogens with one attached hydrogen (secondary N) is 1. The largest absolute Gasteiger partial charge is 0.478 e. The predicted molar refractivity (Wildman–Crippen MR) is 101 cm³/mol. The second-order valence-electron chi connectivity index (χ2n) is 7.40. The van der Waals surface area contributed by atoms with Crippen LogP contribution < -0.4 is 10.1 Å². The highest BCUT2D eigenvalue weighted by atomic mass is 16.5. The number of furan rings is 1. The van der Waals surface area contributed by atoms with E-state index in [1.807, 2.05) is 19.1 Å². The van der Waals surface area contributed by atoms with Crippen molar-refractivity contribution in [2.24, 2.45) is 0 Å². The van der Waals surface area contributed by atoms with Gasteiger partial charge in [0.25, 0.3) is 5.91 Å². The number of carbonyl (C=O) groups is 1. The molecular formula is C20H28N4O3. The molecule has 2 aromatic rings. The van der Waals surface area contributed by atoms with Crippen LogP contribution in [0.25, 0.3) is 0 Å². The second-order valence-corrected chi connectivity index (χ2v) is 7.40. The number of aromatic nitrogens is 2. The van der Waals surface area contributed by atoms with Crippen LogP contribution in [0.4, 0.5) is 0 Å². The molecule has 1 N–H and O–H groups in total.